The van der Waals surface area contributed by atoms with E-state index in [2.05, 4.69) is 5.32 Å². The number of imidazole rings is 1. The average Bonchev–Trinajstić information content (AvgIpc) is 2.94. The fourth-order valence-corrected chi connectivity index (χ4v) is 3.08. The van der Waals surface area contributed by atoms with E-state index in [1.54, 1.807) is 28.8 Å². The van der Waals surface area contributed by atoms with Crippen LogP contribution in [0, 0.1) is 0 Å². The summed E-state index contributed by atoms with van der Waals surface area (Å²) in [6.07, 6.45) is 0.812. The number of aromatic nitrogens is 2. The average molecular weight is 367 g/mol. The second kappa shape index (κ2) is 7.90. The quantitative estimate of drug-likeness (QED) is 0.679. The molecule has 0 bridgehead atoms. The molecule has 0 unspecified atom stereocenters. The van der Waals surface area contributed by atoms with Gasteiger partial charge in [0.15, 0.2) is 0 Å². The van der Waals surface area contributed by atoms with Crippen LogP contribution in [0.25, 0.3) is 11.0 Å². The minimum Gasteiger partial charge on any atom is -0.465 e. The van der Waals surface area contributed by atoms with Crippen LogP contribution < -0.4 is 11.0 Å². The van der Waals surface area contributed by atoms with E-state index in [4.69, 9.17) is 4.74 Å². The normalized spacial score (nSPS) is 10.7. The maximum absolute atomic E-state index is 12.8. The van der Waals surface area contributed by atoms with Gasteiger partial charge in [-0.2, -0.15) is 0 Å². The second-order valence-electron chi connectivity index (χ2n) is 6.09. The van der Waals surface area contributed by atoms with Crippen LogP contribution in [-0.2, 0) is 22.6 Å². The van der Waals surface area contributed by atoms with E-state index in [9.17, 15) is 14.4 Å². The van der Waals surface area contributed by atoms with Crippen molar-refractivity contribution in [3.8, 4) is 0 Å². The lowest BCUT2D eigenvalue weighted by molar-refractivity contribution is -0.116. The topological polar surface area (TPSA) is 82.3 Å². The van der Waals surface area contributed by atoms with Crippen LogP contribution in [0.4, 0.5) is 5.69 Å². The Morgan fingerprint density at radius 2 is 1.63 bits per heavy atom. The largest absolute Gasteiger partial charge is 0.465 e. The highest BCUT2D eigenvalue weighted by atomic mass is 16.5. The molecule has 7 nitrogen and oxygen atoms in total. The van der Waals surface area contributed by atoms with Crippen LogP contribution in [0.15, 0.2) is 53.3 Å². The molecule has 0 fully saturated rings. The molecule has 3 rings (SSSR count). The van der Waals surface area contributed by atoms with Crippen LogP contribution in [0.3, 0.4) is 0 Å². The molecule has 2 aromatic carbocycles. The highest BCUT2D eigenvalue weighted by molar-refractivity contribution is 6.01. The lowest BCUT2D eigenvalue weighted by Crippen LogP contribution is -2.29. The number of aryl methyl sites for hydroxylation is 1. The summed E-state index contributed by atoms with van der Waals surface area (Å²) < 4.78 is 7.85. The summed E-state index contributed by atoms with van der Waals surface area (Å²) in [4.78, 5) is 37.2. The molecule has 3 aromatic rings. The van der Waals surface area contributed by atoms with Crippen molar-refractivity contribution in [3.63, 3.8) is 0 Å². The number of carbonyl (C=O) groups excluding carboxylic acids is 2. The van der Waals surface area contributed by atoms with Crippen molar-refractivity contribution in [2.75, 3.05) is 12.4 Å². The molecule has 7 heteroatoms. The number of ether oxygens (including phenoxy) is 1. The van der Waals surface area contributed by atoms with Crippen molar-refractivity contribution in [1.29, 1.82) is 0 Å². The fourth-order valence-electron chi connectivity index (χ4n) is 3.08. The zero-order valence-electron chi connectivity index (χ0n) is 15.3. The predicted octanol–water partition coefficient (Wildman–Crippen LogP) is 2.64. The van der Waals surface area contributed by atoms with Gasteiger partial charge < -0.3 is 10.1 Å². The third-order valence-corrected chi connectivity index (χ3v) is 4.28. The summed E-state index contributed by atoms with van der Waals surface area (Å²) in [7, 11) is 1.28. The zero-order valence-corrected chi connectivity index (χ0v) is 15.3. The Bertz CT molecular complexity index is 1050. The fraction of sp³-hybridized carbons (Fsp3) is 0.250. The van der Waals surface area contributed by atoms with Crippen molar-refractivity contribution < 1.29 is 14.3 Å². The van der Waals surface area contributed by atoms with Crippen molar-refractivity contribution in [2.24, 2.45) is 0 Å². The molecule has 0 aliphatic heterocycles. The summed E-state index contributed by atoms with van der Waals surface area (Å²) in [6, 6.07) is 14.0. The Morgan fingerprint density at radius 1 is 1.00 bits per heavy atom. The number of esters is 1. The smallest absolute Gasteiger partial charge is 0.339 e. The third kappa shape index (κ3) is 3.62. The van der Waals surface area contributed by atoms with Crippen LogP contribution in [0.5, 0.6) is 0 Å². The molecule has 27 heavy (non-hydrogen) atoms. The van der Waals surface area contributed by atoms with Gasteiger partial charge in [0.2, 0.25) is 5.91 Å². The zero-order chi connectivity index (χ0) is 19.4. The van der Waals surface area contributed by atoms with Gasteiger partial charge in [-0.05, 0) is 30.7 Å². The number of nitrogens with one attached hydrogen (secondary N) is 1. The van der Waals surface area contributed by atoms with Crippen LogP contribution in [0.1, 0.15) is 23.7 Å². The second-order valence-corrected chi connectivity index (χ2v) is 6.09. The highest BCUT2D eigenvalue weighted by Gasteiger charge is 2.17. The van der Waals surface area contributed by atoms with E-state index >= 15 is 0 Å². The summed E-state index contributed by atoms with van der Waals surface area (Å²) in [6.45, 7) is 2.43. The maximum atomic E-state index is 12.8. The number of anilines is 1. The predicted molar refractivity (Wildman–Crippen MR) is 103 cm³/mol. The first-order valence-electron chi connectivity index (χ1n) is 8.72. The van der Waals surface area contributed by atoms with Gasteiger partial charge >= 0.3 is 11.7 Å². The molecule has 1 N–H and O–H groups in total. The van der Waals surface area contributed by atoms with Gasteiger partial charge in [-0.25, -0.2) is 9.59 Å². The summed E-state index contributed by atoms with van der Waals surface area (Å²) in [5.41, 5.74) is 1.88. The van der Waals surface area contributed by atoms with E-state index in [-0.39, 0.29) is 17.8 Å². The number of nitrogens with zero attached hydrogens (tertiary/aromatic N) is 2. The summed E-state index contributed by atoms with van der Waals surface area (Å²) in [5, 5.41) is 2.70. The number of hydrogen-bond acceptors (Lipinski definition) is 4. The van der Waals surface area contributed by atoms with Crippen LogP contribution in [-0.4, -0.2) is 28.1 Å². The molecule has 1 amide bonds. The van der Waals surface area contributed by atoms with Crippen LogP contribution in [0.2, 0.25) is 0 Å². The first-order valence-corrected chi connectivity index (χ1v) is 8.72. The van der Waals surface area contributed by atoms with Gasteiger partial charge in [0, 0.05) is 6.54 Å². The Morgan fingerprint density at radius 3 is 2.30 bits per heavy atom. The van der Waals surface area contributed by atoms with Crippen molar-refractivity contribution in [1.82, 2.24) is 9.13 Å². The summed E-state index contributed by atoms with van der Waals surface area (Å²) >= 11 is 0. The first kappa shape index (κ1) is 18.4. The molecular weight excluding hydrogens is 346 g/mol. The molecule has 0 aliphatic rings. The number of benzene rings is 2. The Labute approximate surface area is 156 Å². The number of amides is 1. The van der Waals surface area contributed by atoms with Gasteiger partial charge in [0.25, 0.3) is 0 Å². The van der Waals surface area contributed by atoms with Gasteiger partial charge in [-0.3, -0.25) is 13.9 Å². The lowest BCUT2D eigenvalue weighted by Gasteiger charge is -2.10. The Hall–Kier alpha value is -3.35. The Balaban J connectivity index is 1.91. The van der Waals surface area contributed by atoms with E-state index in [1.807, 2.05) is 31.2 Å². The number of rotatable bonds is 6. The molecule has 0 spiro atoms. The highest BCUT2D eigenvalue weighted by Crippen LogP contribution is 2.17. The van der Waals surface area contributed by atoms with E-state index in [0.717, 1.165) is 11.9 Å². The van der Waals surface area contributed by atoms with E-state index < -0.39 is 11.9 Å². The molecular formula is C20H21N3O4. The Kier molecular flexibility index (Phi) is 5.40. The molecule has 1 heterocycles. The van der Waals surface area contributed by atoms with Gasteiger partial charge in [-0.15, -0.1) is 0 Å². The number of carbonyl (C=O) groups is 2. The molecule has 140 valence electrons. The van der Waals surface area contributed by atoms with Crippen molar-refractivity contribution >= 4 is 28.6 Å². The lowest BCUT2D eigenvalue weighted by atomic mass is 10.2. The minimum absolute atomic E-state index is 0.147. The van der Waals surface area contributed by atoms with Crippen molar-refractivity contribution in [3.05, 3.63) is 64.6 Å². The molecule has 1 aromatic heterocycles. The molecule has 0 saturated carbocycles. The SMILES string of the molecule is CCCn1c(=O)n(CC(=O)Nc2ccccc2C(=O)OC)c2ccccc21. The van der Waals surface area contributed by atoms with E-state index in [1.165, 1.54) is 11.7 Å². The van der Waals surface area contributed by atoms with Gasteiger partial charge in [0.1, 0.15) is 6.54 Å². The molecule has 0 atom stereocenters. The number of hydrogen-bond donors (Lipinski definition) is 1. The monoisotopic (exact) mass is 367 g/mol. The first-order chi connectivity index (χ1) is 13.1. The van der Waals surface area contributed by atoms with Gasteiger partial charge in [-0.1, -0.05) is 31.2 Å². The van der Waals surface area contributed by atoms with Crippen molar-refractivity contribution in [2.45, 2.75) is 26.4 Å². The summed E-state index contributed by atoms with van der Waals surface area (Å²) in [5.74, 6) is -0.935. The standard InChI is InChI=1S/C20H21N3O4/c1-3-12-22-16-10-6-7-11-17(16)23(20(22)26)13-18(24)21-15-9-5-4-8-14(15)19(25)27-2/h4-11H,3,12-13H2,1-2H3,(H,21,24). The van der Waals surface area contributed by atoms with Gasteiger partial charge in [0.05, 0.1) is 29.4 Å². The molecule has 0 radical (unpaired) electrons. The van der Waals surface area contributed by atoms with E-state index in [0.29, 0.717) is 17.7 Å². The number of fused-ring (bicyclic) bond motifs is 1. The van der Waals surface area contributed by atoms with Crippen LogP contribution >= 0.6 is 0 Å². The minimum atomic E-state index is -0.539. The number of methoxy groups -OCH3 is 1. The number of para-hydroxylation sites is 3. The maximum Gasteiger partial charge on any atom is 0.339 e. The third-order valence-electron chi connectivity index (χ3n) is 4.28. The molecule has 0 aliphatic carbocycles. The molecule has 0 saturated heterocycles.